The Morgan fingerprint density at radius 1 is 1.67 bits per heavy atom. The quantitative estimate of drug-likeness (QED) is 0.775. The van der Waals surface area contributed by atoms with E-state index in [1.807, 2.05) is 0 Å². The zero-order valence-corrected chi connectivity index (χ0v) is 8.19. The van der Waals surface area contributed by atoms with Crippen molar-refractivity contribution in [2.24, 2.45) is 0 Å². The molecule has 1 aromatic rings. The highest BCUT2D eigenvalue weighted by atomic mass is 16.5. The first kappa shape index (κ1) is 9.64. The van der Waals surface area contributed by atoms with E-state index in [0.29, 0.717) is 11.6 Å². The summed E-state index contributed by atoms with van der Waals surface area (Å²) in [6.45, 7) is 1.43. The molecule has 0 aliphatic carbocycles. The van der Waals surface area contributed by atoms with Gasteiger partial charge in [0.1, 0.15) is 5.78 Å². The third-order valence-corrected chi connectivity index (χ3v) is 2.05. The lowest BCUT2D eigenvalue weighted by atomic mass is 10.1. The molecule has 2 rings (SSSR count). The van der Waals surface area contributed by atoms with E-state index in [4.69, 9.17) is 4.74 Å². The molecule has 0 fully saturated rings. The molecule has 0 spiro atoms. The van der Waals surface area contributed by atoms with Crippen molar-refractivity contribution in [3.8, 4) is 5.75 Å². The van der Waals surface area contributed by atoms with Crippen LogP contribution in [0.4, 0.5) is 5.82 Å². The molecule has 5 heteroatoms. The molecule has 0 saturated heterocycles. The van der Waals surface area contributed by atoms with Gasteiger partial charge in [0, 0.05) is 6.20 Å². The predicted octanol–water partition coefficient (Wildman–Crippen LogP) is 0.760. The van der Waals surface area contributed by atoms with E-state index in [2.05, 4.69) is 10.3 Å². The van der Waals surface area contributed by atoms with Crippen molar-refractivity contribution in [1.29, 1.82) is 0 Å². The number of carbonyl (C=O) groups is 2. The van der Waals surface area contributed by atoms with Crippen molar-refractivity contribution in [2.45, 2.75) is 19.4 Å². The van der Waals surface area contributed by atoms with Crippen molar-refractivity contribution in [3.05, 3.63) is 18.3 Å². The summed E-state index contributed by atoms with van der Waals surface area (Å²) in [5.74, 6) is 0.504. The first-order valence-electron chi connectivity index (χ1n) is 4.59. The Hall–Kier alpha value is -1.91. The topological polar surface area (TPSA) is 68.3 Å². The lowest BCUT2D eigenvalue weighted by Crippen LogP contribution is -2.38. The number of hydrogen-bond acceptors (Lipinski definition) is 4. The summed E-state index contributed by atoms with van der Waals surface area (Å²) >= 11 is 0. The molecule has 1 aromatic heterocycles. The zero-order chi connectivity index (χ0) is 10.8. The van der Waals surface area contributed by atoms with Crippen LogP contribution in [0.5, 0.6) is 5.75 Å². The van der Waals surface area contributed by atoms with Crippen LogP contribution < -0.4 is 10.1 Å². The van der Waals surface area contributed by atoms with E-state index in [1.54, 1.807) is 18.3 Å². The van der Waals surface area contributed by atoms with Crippen molar-refractivity contribution in [2.75, 3.05) is 5.32 Å². The summed E-state index contributed by atoms with van der Waals surface area (Å²) < 4.78 is 5.36. The van der Waals surface area contributed by atoms with Gasteiger partial charge >= 0.3 is 0 Å². The van der Waals surface area contributed by atoms with Crippen LogP contribution in [0.1, 0.15) is 13.3 Å². The number of aromatic nitrogens is 1. The van der Waals surface area contributed by atoms with E-state index in [9.17, 15) is 9.59 Å². The number of anilines is 1. The molecule has 1 amide bonds. The summed E-state index contributed by atoms with van der Waals surface area (Å²) in [5, 5.41) is 2.59. The normalized spacial score (nSPS) is 18.7. The van der Waals surface area contributed by atoms with Crippen LogP contribution in [0.25, 0.3) is 0 Å². The van der Waals surface area contributed by atoms with Crippen LogP contribution in [0.2, 0.25) is 0 Å². The second-order valence-electron chi connectivity index (χ2n) is 3.35. The third-order valence-electron chi connectivity index (χ3n) is 2.05. The van der Waals surface area contributed by atoms with E-state index in [-0.39, 0.29) is 18.1 Å². The van der Waals surface area contributed by atoms with Gasteiger partial charge in [-0.1, -0.05) is 0 Å². The second kappa shape index (κ2) is 3.68. The van der Waals surface area contributed by atoms with Crippen molar-refractivity contribution >= 4 is 17.5 Å². The molecule has 0 aromatic carbocycles. The van der Waals surface area contributed by atoms with Gasteiger partial charge in [0.25, 0.3) is 5.91 Å². The zero-order valence-electron chi connectivity index (χ0n) is 8.19. The number of amides is 1. The minimum atomic E-state index is -0.737. The van der Waals surface area contributed by atoms with Gasteiger partial charge in [-0.25, -0.2) is 4.98 Å². The highest BCUT2D eigenvalue weighted by Crippen LogP contribution is 2.27. The van der Waals surface area contributed by atoms with Crippen LogP contribution in [0.15, 0.2) is 18.3 Å². The number of pyridine rings is 1. The van der Waals surface area contributed by atoms with E-state index in [0.717, 1.165) is 0 Å². The second-order valence-corrected chi connectivity index (χ2v) is 3.35. The monoisotopic (exact) mass is 206 g/mol. The number of carbonyl (C=O) groups excluding carboxylic acids is 2. The van der Waals surface area contributed by atoms with Gasteiger partial charge in [-0.15, -0.1) is 0 Å². The lowest BCUT2D eigenvalue weighted by Gasteiger charge is -2.23. The third kappa shape index (κ3) is 1.96. The Bertz CT molecular complexity index is 417. The van der Waals surface area contributed by atoms with Gasteiger partial charge < -0.3 is 10.1 Å². The minimum Gasteiger partial charge on any atom is -0.476 e. The number of rotatable bonds is 2. The van der Waals surface area contributed by atoms with Crippen LogP contribution >= 0.6 is 0 Å². The number of nitrogens with zero attached hydrogens (tertiary/aromatic N) is 1. The van der Waals surface area contributed by atoms with E-state index in [1.165, 1.54) is 6.92 Å². The van der Waals surface area contributed by atoms with Crippen LogP contribution in [-0.2, 0) is 9.59 Å². The smallest absolute Gasteiger partial charge is 0.267 e. The van der Waals surface area contributed by atoms with Gasteiger partial charge in [-0.2, -0.15) is 0 Å². The fourth-order valence-corrected chi connectivity index (χ4v) is 1.38. The number of fused-ring (bicyclic) bond motifs is 1. The maximum atomic E-state index is 11.5. The maximum Gasteiger partial charge on any atom is 0.267 e. The molecule has 15 heavy (non-hydrogen) atoms. The van der Waals surface area contributed by atoms with E-state index >= 15 is 0 Å². The number of ether oxygens (including phenoxy) is 1. The van der Waals surface area contributed by atoms with Crippen molar-refractivity contribution in [3.63, 3.8) is 0 Å². The highest BCUT2D eigenvalue weighted by molar-refractivity contribution is 5.99. The first-order valence-corrected chi connectivity index (χ1v) is 4.59. The van der Waals surface area contributed by atoms with Gasteiger partial charge in [0.2, 0.25) is 0 Å². The average molecular weight is 206 g/mol. The molecular weight excluding hydrogens is 196 g/mol. The molecule has 5 nitrogen and oxygen atoms in total. The molecule has 0 bridgehead atoms. The first-order chi connectivity index (χ1) is 7.16. The number of nitrogens with one attached hydrogen (secondary N) is 1. The molecule has 1 aliphatic heterocycles. The fourth-order valence-electron chi connectivity index (χ4n) is 1.38. The summed E-state index contributed by atoms with van der Waals surface area (Å²) in [4.78, 5) is 26.3. The van der Waals surface area contributed by atoms with Gasteiger partial charge in [0.05, 0.1) is 6.42 Å². The number of hydrogen-bond donors (Lipinski definition) is 1. The Morgan fingerprint density at radius 2 is 2.47 bits per heavy atom. The fraction of sp³-hybridized carbons (Fsp3) is 0.300. The molecule has 1 atom stereocenters. The van der Waals surface area contributed by atoms with Crippen molar-refractivity contribution in [1.82, 2.24) is 4.98 Å². The summed E-state index contributed by atoms with van der Waals surface area (Å²) in [5.41, 5.74) is 0. The molecule has 78 valence electrons. The van der Waals surface area contributed by atoms with Gasteiger partial charge in [0.15, 0.2) is 17.7 Å². The number of ketones is 1. The van der Waals surface area contributed by atoms with Gasteiger partial charge in [-0.05, 0) is 19.1 Å². The Kier molecular flexibility index (Phi) is 2.37. The maximum absolute atomic E-state index is 11.5. The molecule has 1 unspecified atom stereocenters. The molecule has 2 heterocycles. The molecule has 1 aliphatic rings. The summed E-state index contributed by atoms with van der Waals surface area (Å²) in [7, 11) is 0. The average Bonchev–Trinajstić information content (AvgIpc) is 2.18. The largest absolute Gasteiger partial charge is 0.476 e. The predicted molar refractivity (Wildman–Crippen MR) is 52.6 cm³/mol. The van der Waals surface area contributed by atoms with Crippen LogP contribution in [0, 0.1) is 0 Å². The Balaban J connectivity index is 2.22. The van der Waals surface area contributed by atoms with Crippen LogP contribution in [-0.4, -0.2) is 22.8 Å². The Labute approximate surface area is 86.5 Å². The molecular formula is C10H10N2O3. The standard InChI is InChI=1S/C10H10N2O3/c1-6(13)5-8-10(14)12-9-7(15-8)3-2-4-11-9/h2-4,8H,5H2,1H3,(H,11,12,14). The van der Waals surface area contributed by atoms with Gasteiger partial charge in [-0.3, -0.25) is 9.59 Å². The lowest BCUT2D eigenvalue weighted by molar-refractivity contribution is -0.128. The van der Waals surface area contributed by atoms with Crippen LogP contribution in [0.3, 0.4) is 0 Å². The minimum absolute atomic E-state index is 0.0810. The summed E-state index contributed by atoms with van der Waals surface area (Å²) in [6, 6.07) is 3.41. The molecule has 0 saturated carbocycles. The molecule has 0 radical (unpaired) electrons. The SMILES string of the molecule is CC(=O)CC1Oc2cccnc2NC1=O. The Morgan fingerprint density at radius 3 is 3.20 bits per heavy atom. The number of Topliss-reactive ketones (excluding diaryl/α,β-unsaturated/α-hetero) is 1. The van der Waals surface area contributed by atoms with Crippen molar-refractivity contribution < 1.29 is 14.3 Å². The highest BCUT2D eigenvalue weighted by Gasteiger charge is 2.28. The molecule has 1 N–H and O–H groups in total. The van der Waals surface area contributed by atoms with E-state index < -0.39 is 6.10 Å². The summed E-state index contributed by atoms with van der Waals surface area (Å²) in [6.07, 6.45) is 0.910.